The number of hydrogen-bond donors (Lipinski definition) is 1. The van der Waals surface area contributed by atoms with Crippen molar-refractivity contribution in [1.29, 1.82) is 0 Å². The molecule has 0 spiro atoms. The number of hydrogen-bond acceptors (Lipinski definition) is 2. The lowest BCUT2D eigenvalue weighted by Crippen LogP contribution is -2.33. The quantitative estimate of drug-likeness (QED) is 0.751. The molecule has 0 fully saturated rings. The first kappa shape index (κ1) is 13.0. The van der Waals surface area contributed by atoms with Gasteiger partial charge in [-0.1, -0.05) is 35.3 Å². The summed E-state index contributed by atoms with van der Waals surface area (Å²) < 4.78 is 1.03. The summed E-state index contributed by atoms with van der Waals surface area (Å²) in [5.74, 6) is 0. The Morgan fingerprint density at radius 2 is 1.75 bits per heavy atom. The Morgan fingerprint density at radius 3 is 2.50 bits per heavy atom. The van der Waals surface area contributed by atoms with Crippen molar-refractivity contribution in [1.82, 2.24) is 9.55 Å². The van der Waals surface area contributed by atoms with E-state index in [4.69, 9.17) is 23.2 Å². The van der Waals surface area contributed by atoms with Crippen LogP contribution in [0, 0.1) is 0 Å². The van der Waals surface area contributed by atoms with Crippen LogP contribution < -0.4 is 11.2 Å². The number of rotatable bonds is 1. The van der Waals surface area contributed by atoms with Gasteiger partial charge in [0.05, 0.1) is 21.6 Å². The molecule has 0 aliphatic carbocycles. The van der Waals surface area contributed by atoms with Crippen LogP contribution >= 0.6 is 23.2 Å². The van der Waals surface area contributed by atoms with Crippen molar-refractivity contribution in [2.24, 2.45) is 0 Å². The molecule has 1 heterocycles. The molecule has 0 radical (unpaired) electrons. The highest BCUT2D eigenvalue weighted by Gasteiger charge is 2.11. The maximum Gasteiger partial charge on any atom is 0.333 e. The van der Waals surface area contributed by atoms with E-state index in [1.807, 2.05) is 0 Å². The van der Waals surface area contributed by atoms with E-state index in [1.165, 1.54) is 0 Å². The van der Waals surface area contributed by atoms with Crippen LogP contribution in [0.4, 0.5) is 0 Å². The Balaban J connectivity index is 2.44. The molecule has 0 atom stereocenters. The highest BCUT2D eigenvalue weighted by atomic mass is 35.5. The van der Waals surface area contributed by atoms with Crippen molar-refractivity contribution >= 4 is 34.1 Å². The van der Waals surface area contributed by atoms with Crippen molar-refractivity contribution in [3.05, 3.63) is 73.3 Å². The summed E-state index contributed by atoms with van der Waals surface area (Å²) in [7, 11) is 0. The Hall–Kier alpha value is -2.04. The second-order valence-electron chi connectivity index (χ2n) is 4.21. The molecule has 0 amide bonds. The highest BCUT2D eigenvalue weighted by Crippen LogP contribution is 2.18. The van der Waals surface area contributed by atoms with Gasteiger partial charge in [-0.2, -0.15) is 0 Å². The topological polar surface area (TPSA) is 54.9 Å². The van der Waals surface area contributed by atoms with Gasteiger partial charge in [0.25, 0.3) is 5.56 Å². The fourth-order valence-corrected chi connectivity index (χ4v) is 2.46. The van der Waals surface area contributed by atoms with Crippen LogP contribution in [0.25, 0.3) is 16.6 Å². The second-order valence-corrected chi connectivity index (χ2v) is 5.06. The van der Waals surface area contributed by atoms with E-state index in [9.17, 15) is 9.59 Å². The van der Waals surface area contributed by atoms with Gasteiger partial charge in [-0.25, -0.2) is 9.36 Å². The van der Waals surface area contributed by atoms with E-state index in [1.54, 1.807) is 42.5 Å². The number of aromatic amines is 1. The maximum atomic E-state index is 12.5. The van der Waals surface area contributed by atoms with E-state index in [0.29, 0.717) is 26.6 Å². The molecule has 0 saturated heterocycles. The summed E-state index contributed by atoms with van der Waals surface area (Å²) in [6.45, 7) is 0. The summed E-state index contributed by atoms with van der Waals surface area (Å²) in [6, 6.07) is 11.4. The minimum absolute atomic E-state index is 0.329. The van der Waals surface area contributed by atoms with E-state index >= 15 is 0 Å². The summed E-state index contributed by atoms with van der Waals surface area (Å²) in [4.78, 5) is 27.2. The van der Waals surface area contributed by atoms with E-state index in [2.05, 4.69) is 4.98 Å². The Morgan fingerprint density at radius 1 is 1.00 bits per heavy atom. The lowest BCUT2D eigenvalue weighted by molar-refractivity contribution is 0.901. The van der Waals surface area contributed by atoms with Gasteiger partial charge in [-0.15, -0.1) is 0 Å². The van der Waals surface area contributed by atoms with Gasteiger partial charge in [0.2, 0.25) is 0 Å². The van der Waals surface area contributed by atoms with Gasteiger partial charge >= 0.3 is 5.69 Å². The molecule has 0 aliphatic rings. The molecule has 1 N–H and O–H groups in total. The Bertz CT molecular complexity index is 928. The van der Waals surface area contributed by atoms with Crippen molar-refractivity contribution in [3.63, 3.8) is 0 Å². The normalized spacial score (nSPS) is 10.9. The highest BCUT2D eigenvalue weighted by molar-refractivity contribution is 6.35. The molecule has 3 rings (SSSR count). The molecule has 1 aromatic heterocycles. The number of nitrogens with one attached hydrogen (secondary N) is 1. The molecule has 20 heavy (non-hydrogen) atoms. The monoisotopic (exact) mass is 306 g/mol. The molecule has 2 aromatic carbocycles. The molecule has 4 nitrogen and oxygen atoms in total. The summed E-state index contributed by atoms with van der Waals surface area (Å²) in [5.41, 5.74) is -0.251. The van der Waals surface area contributed by atoms with Crippen LogP contribution in [0.1, 0.15) is 0 Å². The maximum absolute atomic E-state index is 12.5. The van der Waals surface area contributed by atoms with E-state index < -0.39 is 11.2 Å². The number of benzene rings is 2. The number of H-pyrrole nitrogens is 1. The minimum Gasteiger partial charge on any atom is -0.305 e. The van der Waals surface area contributed by atoms with Crippen LogP contribution in [0.5, 0.6) is 0 Å². The molecule has 100 valence electrons. The first-order valence-corrected chi connectivity index (χ1v) is 6.53. The van der Waals surface area contributed by atoms with Crippen molar-refractivity contribution in [2.45, 2.75) is 0 Å². The zero-order valence-corrected chi connectivity index (χ0v) is 11.6. The lowest BCUT2D eigenvalue weighted by atomic mass is 10.2. The lowest BCUT2D eigenvalue weighted by Gasteiger charge is -2.07. The standard InChI is InChI=1S/C14H8Cl2N2O2/c15-8-3-1-4-9(7-8)18-13(19)10-5-2-6-11(16)12(10)17-14(18)20/h1-7H,(H,17,20). The Labute approximate surface area is 123 Å². The average molecular weight is 307 g/mol. The zero-order valence-electron chi connectivity index (χ0n) is 10.1. The molecular formula is C14H8Cl2N2O2. The van der Waals surface area contributed by atoms with Crippen LogP contribution in [-0.2, 0) is 0 Å². The SMILES string of the molecule is O=c1[nH]c2c(Cl)cccc2c(=O)n1-c1cccc(Cl)c1. The number of aromatic nitrogens is 2. The minimum atomic E-state index is -0.558. The summed E-state index contributed by atoms with van der Waals surface area (Å²) in [6.07, 6.45) is 0. The predicted octanol–water partition coefficient (Wildman–Crippen LogP) is 2.99. The first-order valence-electron chi connectivity index (χ1n) is 5.77. The van der Waals surface area contributed by atoms with E-state index in [0.717, 1.165) is 4.57 Å². The zero-order chi connectivity index (χ0) is 14.3. The van der Waals surface area contributed by atoms with Gasteiger partial charge in [-0.3, -0.25) is 4.79 Å². The van der Waals surface area contributed by atoms with Gasteiger partial charge < -0.3 is 4.98 Å². The van der Waals surface area contributed by atoms with Crippen molar-refractivity contribution < 1.29 is 0 Å². The fourth-order valence-electron chi connectivity index (χ4n) is 2.05. The molecule has 0 bridgehead atoms. The summed E-state index contributed by atoms with van der Waals surface area (Å²) >= 11 is 11.9. The van der Waals surface area contributed by atoms with Gasteiger partial charge in [0, 0.05) is 5.02 Å². The van der Waals surface area contributed by atoms with Crippen LogP contribution in [0.2, 0.25) is 10.0 Å². The number of nitrogens with zero attached hydrogens (tertiary/aromatic N) is 1. The van der Waals surface area contributed by atoms with Gasteiger partial charge in [0.1, 0.15) is 0 Å². The molecule has 0 unspecified atom stereocenters. The van der Waals surface area contributed by atoms with Crippen molar-refractivity contribution in [2.75, 3.05) is 0 Å². The predicted molar refractivity (Wildman–Crippen MR) is 80.2 cm³/mol. The van der Waals surface area contributed by atoms with Crippen LogP contribution in [0.3, 0.4) is 0 Å². The Kier molecular flexibility index (Phi) is 3.12. The summed E-state index contributed by atoms with van der Waals surface area (Å²) in [5, 5.41) is 1.12. The molecular weight excluding hydrogens is 299 g/mol. The number of para-hydroxylation sites is 1. The smallest absolute Gasteiger partial charge is 0.305 e. The fraction of sp³-hybridized carbons (Fsp3) is 0. The molecule has 3 aromatic rings. The average Bonchev–Trinajstić information content (AvgIpc) is 2.40. The molecule has 6 heteroatoms. The number of halogens is 2. The molecule has 0 saturated carbocycles. The van der Waals surface area contributed by atoms with E-state index in [-0.39, 0.29) is 0 Å². The first-order chi connectivity index (χ1) is 9.58. The van der Waals surface area contributed by atoms with Gasteiger partial charge in [0.15, 0.2) is 0 Å². The van der Waals surface area contributed by atoms with Crippen LogP contribution in [-0.4, -0.2) is 9.55 Å². The molecule has 0 aliphatic heterocycles. The third-order valence-electron chi connectivity index (χ3n) is 2.95. The largest absolute Gasteiger partial charge is 0.333 e. The van der Waals surface area contributed by atoms with Crippen LogP contribution in [0.15, 0.2) is 52.1 Å². The number of fused-ring (bicyclic) bond motifs is 1. The second kappa shape index (κ2) is 4.81. The third kappa shape index (κ3) is 2.03. The third-order valence-corrected chi connectivity index (χ3v) is 3.50. The van der Waals surface area contributed by atoms with Crippen molar-refractivity contribution in [3.8, 4) is 5.69 Å². The van der Waals surface area contributed by atoms with Gasteiger partial charge in [-0.05, 0) is 30.3 Å².